The molecule has 2 aliphatic heterocycles. The van der Waals surface area contributed by atoms with Gasteiger partial charge in [0.15, 0.2) is 11.2 Å². The second-order valence-electron chi connectivity index (χ2n) is 11.9. The largest absolute Gasteiger partial charge is 0.351 e. The molecule has 2 aromatic rings. The summed E-state index contributed by atoms with van der Waals surface area (Å²) in [5.41, 5.74) is 0.0705. The Morgan fingerprint density at radius 1 is 0.917 bits per heavy atom. The third kappa shape index (κ3) is 2.75. The molecular weight excluding hydrogens is 449 g/mol. The molecule has 0 aromatic heterocycles. The lowest BCUT2D eigenvalue weighted by molar-refractivity contribution is -0.145. The second-order valence-corrected chi connectivity index (χ2v) is 11.9. The maximum atomic E-state index is 15.5. The highest BCUT2D eigenvalue weighted by Crippen LogP contribution is 2.63. The van der Waals surface area contributed by atoms with Crippen LogP contribution in [0.25, 0.3) is 6.08 Å². The highest BCUT2D eigenvalue weighted by molar-refractivity contribution is 5.97. The number of hydrogen-bond acceptors (Lipinski definition) is 4. The number of carbonyl (C=O) groups excluding carboxylic acids is 1. The Balaban J connectivity index is 1.46. The van der Waals surface area contributed by atoms with Gasteiger partial charge in [0.05, 0.1) is 24.2 Å². The van der Waals surface area contributed by atoms with E-state index in [4.69, 9.17) is 0 Å². The minimum atomic E-state index is -1.59. The number of anilines is 1. The van der Waals surface area contributed by atoms with Gasteiger partial charge in [0.25, 0.3) is 0 Å². The van der Waals surface area contributed by atoms with Crippen molar-refractivity contribution in [3.05, 3.63) is 71.6 Å². The predicted molar refractivity (Wildman–Crippen MR) is 134 cm³/mol. The van der Waals surface area contributed by atoms with Crippen LogP contribution < -0.4 is 4.90 Å². The van der Waals surface area contributed by atoms with E-state index < -0.39 is 34.6 Å². The molecule has 6 aliphatic rings. The van der Waals surface area contributed by atoms with Gasteiger partial charge in [0.2, 0.25) is 0 Å². The van der Waals surface area contributed by atoms with Gasteiger partial charge in [-0.2, -0.15) is 10.5 Å². The van der Waals surface area contributed by atoms with Gasteiger partial charge in [-0.15, -0.1) is 0 Å². The van der Waals surface area contributed by atoms with E-state index in [0.717, 1.165) is 30.5 Å². The Bertz CT molecular complexity index is 1330. The van der Waals surface area contributed by atoms with Crippen LogP contribution >= 0.6 is 0 Å². The van der Waals surface area contributed by atoms with E-state index >= 15 is 4.39 Å². The SMILES string of the molecule is N#CC1(C#N)[C@H](c2ccccc2F)[C@H](C(=O)C23CC4CC(CC(C4)C2)C3)N2c3ccccc3C=C[C@H]21. The second kappa shape index (κ2) is 7.53. The fourth-order valence-corrected chi connectivity index (χ4v) is 9.03. The number of hydrogen-bond donors (Lipinski definition) is 0. The molecule has 2 heterocycles. The number of para-hydroxylation sites is 1. The fraction of sp³-hybridized carbons (Fsp3) is 0.452. The molecule has 3 atom stereocenters. The Morgan fingerprint density at radius 2 is 1.53 bits per heavy atom. The van der Waals surface area contributed by atoms with Crippen LogP contribution in [0.5, 0.6) is 0 Å². The molecular formula is C31H28FN3O. The van der Waals surface area contributed by atoms with Crippen molar-refractivity contribution >= 4 is 17.5 Å². The monoisotopic (exact) mass is 477 g/mol. The summed E-state index contributed by atoms with van der Waals surface area (Å²) < 4.78 is 15.5. The molecule has 4 nitrogen and oxygen atoms in total. The molecule has 0 amide bonds. The zero-order chi connectivity index (χ0) is 24.7. The molecule has 4 saturated carbocycles. The Labute approximate surface area is 211 Å². The van der Waals surface area contributed by atoms with Gasteiger partial charge in [-0.25, -0.2) is 4.39 Å². The molecule has 4 bridgehead atoms. The van der Waals surface area contributed by atoms with Crippen molar-refractivity contribution in [3.8, 4) is 12.1 Å². The lowest BCUT2D eigenvalue weighted by atomic mass is 9.47. The molecule has 0 spiro atoms. The molecule has 0 radical (unpaired) electrons. The lowest BCUT2D eigenvalue weighted by Gasteiger charge is -2.57. The first-order valence-electron chi connectivity index (χ1n) is 13.2. The summed E-state index contributed by atoms with van der Waals surface area (Å²) in [5.74, 6) is 0.517. The topological polar surface area (TPSA) is 67.9 Å². The van der Waals surface area contributed by atoms with E-state index in [9.17, 15) is 15.3 Å². The Kier molecular flexibility index (Phi) is 4.56. The fourth-order valence-electron chi connectivity index (χ4n) is 9.03. The third-order valence-corrected chi connectivity index (χ3v) is 9.99. The Morgan fingerprint density at radius 3 is 2.17 bits per heavy atom. The molecule has 36 heavy (non-hydrogen) atoms. The van der Waals surface area contributed by atoms with Crippen molar-refractivity contribution in [2.45, 2.75) is 56.5 Å². The zero-order valence-corrected chi connectivity index (χ0v) is 20.1. The first-order chi connectivity index (χ1) is 17.5. The average molecular weight is 478 g/mol. The first kappa shape index (κ1) is 21.8. The van der Waals surface area contributed by atoms with Crippen molar-refractivity contribution in [1.29, 1.82) is 10.5 Å². The molecule has 0 unspecified atom stereocenters. The molecule has 1 saturated heterocycles. The van der Waals surface area contributed by atoms with Crippen molar-refractivity contribution in [2.75, 3.05) is 4.90 Å². The minimum absolute atomic E-state index is 0.123. The zero-order valence-electron chi connectivity index (χ0n) is 20.1. The quantitative estimate of drug-likeness (QED) is 0.543. The summed E-state index contributed by atoms with van der Waals surface area (Å²) in [5, 5.41) is 21.2. The molecule has 5 fully saturated rings. The van der Waals surface area contributed by atoms with E-state index in [0.29, 0.717) is 23.3 Å². The number of nitrogens with zero attached hydrogens (tertiary/aromatic N) is 3. The van der Waals surface area contributed by atoms with Gasteiger partial charge in [0, 0.05) is 17.0 Å². The van der Waals surface area contributed by atoms with Gasteiger partial charge in [0.1, 0.15) is 5.82 Å². The maximum absolute atomic E-state index is 15.5. The molecule has 0 N–H and O–H groups in total. The number of carbonyl (C=O) groups is 1. The van der Waals surface area contributed by atoms with Crippen molar-refractivity contribution in [3.63, 3.8) is 0 Å². The number of ketones is 1. The molecule has 8 rings (SSSR count). The highest BCUT2D eigenvalue weighted by Gasteiger charge is 2.67. The lowest BCUT2D eigenvalue weighted by Crippen LogP contribution is -2.56. The number of halogens is 1. The summed E-state index contributed by atoms with van der Waals surface area (Å²) in [7, 11) is 0. The number of nitriles is 2. The van der Waals surface area contributed by atoms with Crippen LogP contribution in [-0.4, -0.2) is 17.9 Å². The van der Waals surface area contributed by atoms with Gasteiger partial charge in [-0.05, 0) is 79.5 Å². The van der Waals surface area contributed by atoms with Crippen LogP contribution in [0, 0.1) is 57.1 Å². The van der Waals surface area contributed by atoms with Crippen LogP contribution in [0.2, 0.25) is 0 Å². The summed E-state index contributed by atoms with van der Waals surface area (Å²) in [4.78, 5) is 17.0. The summed E-state index contributed by atoms with van der Waals surface area (Å²) >= 11 is 0. The van der Waals surface area contributed by atoms with Crippen molar-refractivity contribution in [1.82, 2.24) is 0 Å². The minimum Gasteiger partial charge on any atom is -0.351 e. The van der Waals surface area contributed by atoms with Crippen LogP contribution in [0.1, 0.15) is 55.6 Å². The molecule has 5 heteroatoms. The standard InChI is InChI=1S/C31H28FN3O/c32-24-7-3-2-6-23(24)27-28(29(36)30-14-19-11-20(15-30)13-21(12-19)16-30)35-25-8-4-1-5-22(25)9-10-26(35)31(27,17-33)18-34/h1-10,19-21,26-28H,11-16H2/t19?,20?,21?,26-,27+,28+,30?/m0/s1. The predicted octanol–water partition coefficient (Wildman–Crippen LogP) is 6.01. The van der Waals surface area contributed by atoms with E-state index in [1.807, 2.05) is 41.3 Å². The van der Waals surface area contributed by atoms with Gasteiger partial charge >= 0.3 is 0 Å². The normalized spacial score (nSPS) is 36.6. The van der Waals surface area contributed by atoms with Crippen LogP contribution in [0.15, 0.2) is 54.6 Å². The number of Topliss-reactive ketones (excluding diaryl/α,β-unsaturated/α-hetero) is 1. The number of benzene rings is 2. The molecule has 180 valence electrons. The molecule has 2 aromatic carbocycles. The van der Waals surface area contributed by atoms with Crippen molar-refractivity contribution < 1.29 is 9.18 Å². The average Bonchev–Trinajstić information content (AvgIpc) is 3.18. The van der Waals surface area contributed by atoms with Gasteiger partial charge in [-0.3, -0.25) is 4.79 Å². The smallest absolute Gasteiger partial charge is 0.176 e. The Hall–Kier alpha value is -3.44. The van der Waals surface area contributed by atoms with E-state index in [1.54, 1.807) is 18.2 Å². The number of fused-ring (bicyclic) bond motifs is 3. The number of rotatable bonds is 3. The highest BCUT2D eigenvalue weighted by atomic mass is 19.1. The van der Waals surface area contributed by atoms with Crippen LogP contribution in [0.3, 0.4) is 0 Å². The van der Waals surface area contributed by atoms with E-state index in [2.05, 4.69) is 12.1 Å². The van der Waals surface area contributed by atoms with E-state index in [1.165, 1.54) is 25.3 Å². The van der Waals surface area contributed by atoms with Gasteiger partial charge in [-0.1, -0.05) is 48.6 Å². The van der Waals surface area contributed by atoms with Crippen molar-refractivity contribution in [2.24, 2.45) is 28.6 Å². The summed E-state index contributed by atoms with van der Waals surface area (Å²) in [6.45, 7) is 0. The third-order valence-electron chi connectivity index (χ3n) is 9.99. The maximum Gasteiger partial charge on any atom is 0.176 e. The first-order valence-corrected chi connectivity index (χ1v) is 13.2. The summed E-state index contributed by atoms with van der Waals surface area (Å²) in [6.07, 6.45) is 10.1. The van der Waals surface area contributed by atoms with E-state index in [-0.39, 0.29) is 5.78 Å². The van der Waals surface area contributed by atoms with Gasteiger partial charge < -0.3 is 4.90 Å². The van der Waals surface area contributed by atoms with Crippen LogP contribution in [0.4, 0.5) is 10.1 Å². The summed E-state index contributed by atoms with van der Waals surface area (Å²) in [6, 6.07) is 17.5. The van der Waals surface area contributed by atoms with Crippen LogP contribution in [-0.2, 0) is 4.79 Å². The molecule has 4 aliphatic carbocycles.